The van der Waals surface area contributed by atoms with Gasteiger partial charge in [0.15, 0.2) is 5.65 Å². The number of carbonyl (C=O) groups excluding carboxylic acids is 3. The first kappa shape index (κ1) is 24.9. The van der Waals surface area contributed by atoms with Crippen LogP contribution in [-0.2, 0) is 28.6 Å². The second kappa shape index (κ2) is 10.5. The van der Waals surface area contributed by atoms with Gasteiger partial charge in [-0.15, -0.1) is 0 Å². The number of anilines is 1. The fraction of sp³-hybridized carbons (Fsp3) is 0.571. The number of carbonyl (C=O) groups is 3. The van der Waals surface area contributed by atoms with Gasteiger partial charge in [-0.3, -0.25) is 19.7 Å². The maximum Gasteiger partial charge on any atom is 0.308 e. The lowest BCUT2D eigenvalue weighted by molar-refractivity contribution is -0.162. The molecule has 1 N–H and O–H groups in total. The normalized spacial score (nSPS) is 20.3. The van der Waals surface area contributed by atoms with Crippen molar-refractivity contribution in [3.63, 3.8) is 0 Å². The van der Waals surface area contributed by atoms with E-state index >= 15 is 0 Å². The maximum atomic E-state index is 12.3. The van der Waals surface area contributed by atoms with Gasteiger partial charge in [0.05, 0.1) is 28.8 Å². The highest BCUT2D eigenvalue weighted by Crippen LogP contribution is 2.39. The summed E-state index contributed by atoms with van der Waals surface area (Å²) >= 11 is 3.49. The SMILES string of the molecule is COc1nc(NC=O)nc2c1c(Br)cn2[C@H]1C[C@H](OC(=O)C(C)C)[C@@H](COC(=O)C(C)C)O1. The monoisotopic (exact) mass is 526 g/mol. The third-order valence-corrected chi connectivity index (χ3v) is 5.67. The molecule has 1 amide bonds. The van der Waals surface area contributed by atoms with E-state index in [-0.39, 0.29) is 42.2 Å². The minimum atomic E-state index is -0.659. The van der Waals surface area contributed by atoms with Gasteiger partial charge in [-0.05, 0) is 15.9 Å². The lowest BCUT2D eigenvalue weighted by atomic mass is 10.1. The van der Waals surface area contributed by atoms with Crippen LogP contribution in [0.5, 0.6) is 5.88 Å². The Hall–Kier alpha value is -2.73. The zero-order chi connectivity index (χ0) is 24.3. The molecule has 0 bridgehead atoms. The van der Waals surface area contributed by atoms with Crippen molar-refractivity contribution < 1.29 is 33.3 Å². The third kappa shape index (κ3) is 5.44. The number of halogens is 1. The summed E-state index contributed by atoms with van der Waals surface area (Å²) in [7, 11) is 1.46. The number of esters is 2. The molecule has 1 aliphatic rings. The summed E-state index contributed by atoms with van der Waals surface area (Å²) in [6.07, 6.45) is 0.651. The number of hydrogen-bond acceptors (Lipinski definition) is 9. The van der Waals surface area contributed by atoms with Crippen LogP contribution >= 0.6 is 15.9 Å². The van der Waals surface area contributed by atoms with Crippen molar-refractivity contribution in [1.82, 2.24) is 14.5 Å². The van der Waals surface area contributed by atoms with Gasteiger partial charge >= 0.3 is 11.9 Å². The minimum absolute atomic E-state index is 0.0554. The van der Waals surface area contributed by atoms with Gasteiger partial charge in [0.2, 0.25) is 18.2 Å². The molecule has 3 atom stereocenters. The van der Waals surface area contributed by atoms with Gasteiger partial charge in [-0.2, -0.15) is 9.97 Å². The maximum absolute atomic E-state index is 12.3. The molecule has 2 aromatic heterocycles. The van der Waals surface area contributed by atoms with Crippen LogP contribution in [0.2, 0.25) is 0 Å². The summed E-state index contributed by atoms with van der Waals surface area (Å²) in [6.45, 7) is 6.90. The molecule has 12 heteroatoms. The van der Waals surface area contributed by atoms with Crippen LogP contribution in [0.15, 0.2) is 10.7 Å². The Balaban J connectivity index is 1.94. The average molecular weight is 527 g/mol. The molecule has 180 valence electrons. The van der Waals surface area contributed by atoms with Crippen LogP contribution in [0.25, 0.3) is 11.0 Å². The molecule has 0 unspecified atom stereocenters. The first-order valence-corrected chi connectivity index (χ1v) is 11.3. The minimum Gasteiger partial charge on any atom is -0.480 e. The van der Waals surface area contributed by atoms with Crippen LogP contribution in [0.3, 0.4) is 0 Å². The molecule has 33 heavy (non-hydrogen) atoms. The fourth-order valence-corrected chi connectivity index (χ4v) is 3.89. The van der Waals surface area contributed by atoms with Gasteiger partial charge < -0.3 is 23.5 Å². The zero-order valence-corrected chi connectivity index (χ0v) is 20.6. The molecular weight excluding hydrogens is 500 g/mol. The van der Waals surface area contributed by atoms with Gasteiger partial charge in [0, 0.05) is 12.6 Å². The average Bonchev–Trinajstić information content (AvgIpc) is 3.32. The standard InChI is InChI=1S/C21H27BrN4O7/c1-10(2)19(28)31-8-14-13(33-20(29)11(3)4)6-15(32-14)26-7-12(22)16-17(26)24-21(23-9-27)25-18(16)30-5/h7,9-11,13-15H,6,8H2,1-5H3,(H,23,24,25,27)/t13-,14+,15+/m0/s1. The molecular formula is C21H27BrN4O7. The van der Waals surface area contributed by atoms with E-state index in [1.807, 2.05) is 0 Å². The van der Waals surface area contributed by atoms with Crippen molar-refractivity contribution in [3.8, 4) is 5.88 Å². The smallest absolute Gasteiger partial charge is 0.308 e. The number of nitrogens with one attached hydrogen (secondary N) is 1. The Morgan fingerprint density at radius 3 is 2.58 bits per heavy atom. The van der Waals surface area contributed by atoms with E-state index in [2.05, 4.69) is 31.2 Å². The summed E-state index contributed by atoms with van der Waals surface area (Å²) in [6, 6.07) is 0. The molecule has 1 saturated heterocycles. The summed E-state index contributed by atoms with van der Waals surface area (Å²) in [4.78, 5) is 43.7. The van der Waals surface area contributed by atoms with Crippen LogP contribution in [0.4, 0.5) is 5.95 Å². The van der Waals surface area contributed by atoms with Crippen molar-refractivity contribution in [2.24, 2.45) is 11.8 Å². The van der Waals surface area contributed by atoms with Crippen molar-refractivity contribution >= 4 is 51.3 Å². The van der Waals surface area contributed by atoms with E-state index in [4.69, 9.17) is 18.9 Å². The van der Waals surface area contributed by atoms with Crippen LogP contribution < -0.4 is 10.1 Å². The fourth-order valence-electron chi connectivity index (χ4n) is 3.32. The Bertz CT molecular complexity index is 1040. The highest BCUT2D eigenvalue weighted by molar-refractivity contribution is 9.10. The van der Waals surface area contributed by atoms with Crippen molar-refractivity contribution in [2.75, 3.05) is 19.0 Å². The van der Waals surface area contributed by atoms with Crippen molar-refractivity contribution in [3.05, 3.63) is 10.7 Å². The molecule has 3 rings (SSSR count). The third-order valence-electron chi connectivity index (χ3n) is 5.06. The summed E-state index contributed by atoms with van der Waals surface area (Å²) in [5, 5.41) is 3.01. The molecule has 0 saturated carbocycles. The Labute approximate surface area is 199 Å². The van der Waals surface area contributed by atoms with Crippen molar-refractivity contribution in [1.29, 1.82) is 0 Å². The predicted molar refractivity (Wildman–Crippen MR) is 121 cm³/mol. The Kier molecular flexibility index (Phi) is 7.90. The summed E-state index contributed by atoms with van der Waals surface area (Å²) in [5.41, 5.74) is 0.442. The Morgan fingerprint density at radius 1 is 1.27 bits per heavy atom. The van der Waals surface area contributed by atoms with Gasteiger partial charge in [-0.1, -0.05) is 27.7 Å². The largest absolute Gasteiger partial charge is 0.480 e. The number of rotatable bonds is 9. The lowest BCUT2D eigenvalue weighted by Crippen LogP contribution is -2.33. The first-order valence-electron chi connectivity index (χ1n) is 10.5. The van der Waals surface area contributed by atoms with Crippen molar-refractivity contribution in [2.45, 2.75) is 52.6 Å². The second-order valence-electron chi connectivity index (χ2n) is 8.18. The number of nitrogens with zero attached hydrogens (tertiary/aromatic N) is 3. The predicted octanol–water partition coefficient (Wildman–Crippen LogP) is 2.83. The van der Waals surface area contributed by atoms with Gasteiger partial charge in [-0.25, -0.2) is 0 Å². The van der Waals surface area contributed by atoms with Crippen LogP contribution in [0, 0.1) is 11.8 Å². The molecule has 1 aliphatic heterocycles. The van der Waals surface area contributed by atoms with Crippen LogP contribution in [-0.4, -0.2) is 58.8 Å². The number of hydrogen-bond donors (Lipinski definition) is 1. The Morgan fingerprint density at radius 2 is 1.97 bits per heavy atom. The molecule has 0 radical (unpaired) electrons. The molecule has 0 aliphatic carbocycles. The molecule has 2 aromatic rings. The lowest BCUT2D eigenvalue weighted by Gasteiger charge is -2.20. The quantitative estimate of drug-likeness (QED) is 0.386. The molecule has 11 nitrogen and oxygen atoms in total. The summed E-state index contributed by atoms with van der Waals surface area (Å²) < 4.78 is 24.9. The number of amides is 1. The number of ether oxygens (including phenoxy) is 4. The number of methoxy groups -OCH3 is 1. The van der Waals surface area contributed by atoms with E-state index in [9.17, 15) is 14.4 Å². The second-order valence-corrected chi connectivity index (χ2v) is 9.04. The molecule has 0 aromatic carbocycles. The van der Waals surface area contributed by atoms with E-state index in [1.165, 1.54) is 7.11 Å². The number of aromatic nitrogens is 3. The molecule has 3 heterocycles. The first-order chi connectivity index (χ1) is 15.7. The summed E-state index contributed by atoms with van der Waals surface area (Å²) in [5.74, 6) is -1.03. The van der Waals surface area contributed by atoms with E-state index in [1.54, 1.807) is 38.5 Å². The van der Waals surface area contributed by atoms with E-state index in [0.29, 0.717) is 28.3 Å². The van der Waals surface area contributed by atoms with E-state index < -0.39 is 18.4 Å². The van der Waals surface area contributed by atoms with Gasteiger partial charge in [0.1, 0.15) is 25.0 Å². The molecule has 1 fully saturated rings. The van der Waals surface area contributed by atoms with Crippen LogP contribution in [0.1, 0.15) is 40.3 Å². The topological polar surface area (TPSA) is 131 Å². The highest BCUT2D eigenvalue weighted by atomic mass is 79.9. The zero-order valence-electron chi connectivity index (χ0n) is 19.0. The van der Waals surface area contributed by atoms with Gasteiger partial charge in [0.25, 0.3) is 0 Å². The molecule has 0 spiro atoms. The highest BCUT2D eigenvalue weighted by Gasteiger charge is 2.41. The van der Waals surface area contributed by atoms with E-state index in [0.717, 1.165) is 0 Å². The number of fused-ring (bicyclic) bond motifs is 1.